The Kier molecular flexibility index (Phi) is 355. The zero-order valence-corrected chi connectivity index (χ0v) is 7.94. The van der Waals surface area contributed by atoms with Crippen LogP contribution in [0.5, 0.6) is 0 Å². The Balaban J connectivity index is 0. The van der Waals surface area contributed by atoms with E-state index >= 15 is 0 Å². The third-order valence-electron chi connectivity index (χ3n) is 0. The normalized spacial score (nSPS) is 0. The number of hydrogen-bond donors (Lipinski definition) is 0. The summed E-state index contributed by atoms with van der Waals surface area (Å²) >= 11 is 0. The van der Waals surface area contributed by atoms with E-state index in [-0.39, 0.29) is 128 Å². The topological polar surface area (TPSA) is 0 Å². The molecule has 0 aliphatic heterocycles. The van der Waals surface area contributed by atoms with Gasteiger partial charge in [-0.25, -0.2) is 0 Å². The quantitative estimate of drug-likeness (QED) is 0.312. The van der Waals surface area contributed by atoms with E-state index < -0.39 is 0 Å². The smallest absolute Gasteiger partial charge is 1.00 e. The molecule has 6 heteroatoms. The Hall–Kier alpha value is 3.56. The van der Waals surface area contributed by atoms with Gasteiger partial charge in [-0.05, 0) is 0 Å². The molecule has 0 unspecified atom stereocenters. The van der Waals surface area contributed by atoms with E-state index in [1.54, 1.807) is 0 Å². The molecule has 0 saturated heterocycles. The molecule has 0 heterocycles. The summed E-state index contributed by atoms with van der Waals surface area (Å²) in [5.41, 5.74) is 0. The first-order valence-electron chi connectivity index (χ1n) is 0. The van der Waals surface area contributed by atoms with Crippen molar-refractivity contribution in [3.05, 3.63) is 0 Å². The maximum Gasteiger partial charge on any atom is 1.00 e. The van der Waals surface area contributed by atoms with Crippen LogP contribution < -0.4 is 80.9 Å². The molecule has 0 aliphatic carbocycles. The van der Waals surface area contributed by atoms with E-state index in [9.17, 15) is 0 Å². The molecule has 0 aliphatic rings. The van der Waals surface area contributed by atoms with Crippen molar-refractivity contribution >= 4 is 34.7 Å². The van der Waals surface area contributed by atoms with Gasteiger partial charge in [0.1, 0.15) is 0 Å². The van der Waals surface area contributed by atoms with Crippen molar-refractivity contribution in [3.8, 4) is 0 Å². The van der Waals surface area contributed by atoms with Crippen LogP contribution in [-0.4, -0.2) is 34.7 Å². The van der Waals surface area contributed by atoms with E-state index in [1.807, 2.05) is 0 Å². The summed E-state index contributed by atoms with van der Waals surface area (Å²) in [4.78, 5) is 0. The van der Waals surface area contributed by atoms with Crippen LogP contribution in [0.15, 0.2) is 0 Å². The van der Waals surface area contributed by atoms with Crippen molar-refractivity contribution in [2.45, 2.75) is 0 Å². The van der Waals surface area contributed by atoms with Gasteiger partial charge in [-0.15, -0.1) is 0 Å². The third-order valence-corrected chi connectivity index (χ3v) is 0. The average Bonchev–Trinajstić information content (AvgIpc) is 0. The van der Waals surface area contributed by atoms with E-state index in [0.29, 0.717) is 0 Å². The van der Waals surface area contributed by atoms with E-state index in [4.69, 9.17) is 0 Å². The van der Waals surface area contributed by atoms with Crippen molar-refractivity contribution in [1.29, 1.82) is 0 Å². The third kappa shape index (κ3) is 25.7. The van der Waals surface area contributed by atoms with Gasteiger partial charge in [0.05, 0.1) is 0 Å². The van der Waals surface area contributed by atoms with Gasteiger partial charge in [0.25, 0.3) is 0 Å². The fourth-order valence-corrected chi connectivity index (χ4v) is 0. The minimum absolute atomic E-state index is 0. The van der Waals surface area contributed by atoms with Crippen molar-refractivity contribution < 1.29 is 93.2 Å². The maximum absolute atomic E-state index is 0. The van der Waals surface area contributed by atoms with Crippen LogP contribution in [0.2, 0.25) is 0 Å². The first-order valence-corrected chi connectivity index (χ1v) is 0. The van der Waals surface area contributed by atoms with Crippen LogP contribution in [0, 0.1) is 0 Å². The largest absolute Gasteiger partial charge is 1.00 e. The van der Waals surface area contributed by atoms with Crippen LogP contribution in [0.1, 0.15) is 2.85 Å². The van der Waals surface area contributed by atoms with Crippen molar-refractivity contribution in [3.63, 3.8) is 0 Å². The Morgan fingerprint density at radius 2 is 0.833 bits per heavy atom. The van der Waals surface area contributed by atoms with Crippen LogP contribution in [-0.2, 0) is 0 Å². The van der Waals surface area contributed by atoms with Gasteiger partial charge < -0.3 is 2.85 Å². The molecule has 0 aromatic rings. The van der Waals surface area contributed by atoms with Crippen molar-refractivity contribution in [2.24, 2.45) is 0 Å². The molecule has 0 bridgehead atoms. The molecule has 0 atom stereocenters. The van der Waals surface area contributed by atoms with Crippen LogP contribution in [0.3, 0.4) is 0 Å². The number of halogens is 2. The molecule has 0 nitrogen and oxygen atoms in total. The van der Waals surface area contributed by atoms with Crippen LogP contribution in [0.4, 0.5) is 9.41 Å². The Morgan fingerprint density at radius 3 is 0.833 bits per heavy atom. The second kappa shape index (κ2) is 38.6. The van der Waals surface area contributed by atoms with E-state index in [1.165, 1.54) is 0 Å². The summed E-state index contributed by atoms with van der Waals surface area (Å²) in [7, 11) is 0. The standard InChI is InChI=1S/2Al.2FH.K.Na.8H/h;;2*1H;;;;;;;;;;/q;;;;2*+1;;;;;;;2*-1. The van der Waals surface area contributed by atoms with Gasteiger partial charge in [-0.1, -0.05) is 0 Å². The zero-order chi connectivity index (χ0) is 0. The molecule has 6 heavy (non-hydrogen) atoms. The van der Waals surface area contributed by atoms with Crippen LogP contribution >= 0.6 is 0 Å². The summed E-state index contributed by atoms with van der Waals surface area (Å²) in [6.07, 6.45) is 0. The summed E-state index contributed by atoms with van der Waals surface area (Å²) < 4.78 is 0. The van der Waals surface area contributed by atoms with Gasteiger partial charge in [0.2, 0.25) is 0 Å². The molecule has 32 valence electrons. The molecular formula is H10Al2F2KNa. The monoisotopic (exact) mass is 164 g/mol. The molecular weight excluding hydrogens is 154 g/mol. The number of rotatable bonds is 0. The second-order valence-corrected chi connectivity index (χ2v) is 0. The van der Waals surface area contributed by atoms with Gasteiger partial charge in [0.15, 0.2) is 34.7 Å². The Labute approximate surface area is 125 Å². The predicted molar refractivity (Wildman–Crippen MR) is 27.1 cm³/mol. The molecule has 0 aromatic heterocycles. The van der Waals surface area contributed by atoms with Crippen molar-refractivity contribution in [2.75, 3.05) is 0 Å². The first-order chi connectivity index (χ1) is 0. The predicted octanol–water partition coefficient (Wildman–Crippen LogP) is -7.83. The minimum Gasteiger partial charge on any atom is -1.00 e. The Bertz CT molecular complexity index is 18.0. The summed E-state index contributed by atoms with van der Waals surface area (Å²) in [6, 6.07) is 0. The Morgan fingerprint density at radius 1 is 0.833 bits per heavy atom. The van der Waals surface area contributed by atoms with Gasteiger partial charge >= 0.3 is 80.9 Å². The SMILES string of the molecule is F.F.[AlH3].[AlH3].[H-].[H-].[K+].[Na+]. The summed E-state index contributed by atoms with van der Waals surface area (Å²) in [5, 5.41) is 0. The van der Waals surface area contributed by atoms with E-state index in [2.05, 4.69) is 0 Å². The minimum atomic E-state index is 0. The van der Waals surface area contributed by atoms with Gasteiger partial charge in [-0.3, -0.25) is 9.41 Å². The zero-order valence-electron chi connectivity index (χ0n) is 4.82. The molecule has 0 fully saturated rings. The first kappa shape index (κ1) is 55.3. The van der Waals surface area contributed by atoms with Gasteiger partial charge in [-0.2, -0.15) is 0 Å². The van der Waals surface area contributed by atoms with E-state index in [0.717, 1.165) is 0 Å². The molecule has 0 radical (unpaired) electrons. The molecule has 0 N–H and O–H groups in total. The average molecular weight is 164 g/mol. The number of hydrogen-bond acceptors (Lipinski definition) is 0. The molecule has 0 rings (SSSR count). The fourth-order valence-electron chi connectivity index (χ4n) is 0. The molecule has 0 amide bonds. The summed E-state index contributed by atoms with van der Waals surface area (Å²) in [6.45, 7) is 0. The van der Waals surface area contributed by atoms with Crippen LogP contribution in [0.25, 0.3) is 0 Å². The summed E-state index contributed by atoms with van der Waals surface area (Å²) in [5.74, 6) is 0. The van der Waals surface area contributed by atoms with Crippen molar-refractivity contribution in [1.82, 2.24) is 0 Å². The molecule has 0 spiro atoms. The fraction of sp³-hybridized carbons (Fsp3) is 0. The second-order valence-electron chi connectivity index (χ2n) is 0. The van der Waals surface area contributed by atoms with Gasteiger partial charge in [0, 0.05) is 0 Å². The molecule has 0 saturated carbocycles. The molecule has 0 aromatic carbocycles. The maximum atomic E-state index is 0.